The standard InChI is InChI=1S/C23H28N2O5S/c1-17-15-24(16-21(30-17)18-8-4-3-5-9-18)23(26)19-10-11-20(29-2)22(14-19)31(27,28)25-12-6-7-13-25/h3-5,8-11,14,17,21H,6-7,12-13,15-16H2,1-2H3. The highest BCUT2D eigenvalue weighted by atomic mass is 32.2. The Bertz CT molecular complexity index is 1040. The zero-order chi connectivity index (χ0) is 22.0. The minimum atomic E-state index is -3.72. The number of amides is 1. The van der Waals surface area contributed by atoms with Crippen LogP contribution >= 0.6 is 0 Å². The first-order chi connectivity index (χ1) is 14.9. The normalized spacial score (nSPS) is 22.5. The van der Waals surface area contributed by atoms with E-state index in [4.69, 9.17) is 9.47 Å². The predicted molar refractivity (Wildman–Crippen MR) is 117 cm³/mol. The zero-order valence-electron chi connectivity index (χ0n) is 17.9. The van der Waals surface area contributed by atoms with Crippen LogP contribution in [0.5, 0.6) is 5.75 Å². The van der Waals surface area contributed by atoms with Gasteiger partial charge >= 0.3 is 0 Å². The van der Waals surface area contributed by atoms with Gasteiger partial charge in [-0.2, -0.15) is 4.31 Å². The van der Waals surface area contributed by atoms with Crippen molar-refractivity contribution in [2.45, 2.75) is 36.9 Å². The number of morpholine rings is 1. The second-order valence-electron chi connectivity index (χ2n) is 8.03. The summed E-state index contributed by atoms with van der Waals surface area (Å²) in [6.07, 6.45) is 1.33. The minimum absolute atomic E-state index is 0.0451. The van der Waals surface area contributed by atoms with Crippen LogP contribution in [-0.2, 0) is 14.8 Å². The SMILES string of the molecule is COc1ccc(C(=O)N2CC(C)OC(c3ccccc3)C2)cc1S(=O)(=O)N1CCCC1. The summed E-state index contributed by atoms with van der Waals surface area (Å²) in [5, 5.41) is 0. The van der Waals surface area contributed by atoms with E-state index in [1.54, 1.807) is 17.0 Å². The summed E-state index contributed by atoms with van der Waals surface area (Å²) in [5.74, 6) is 0.0394. The van der Waals surface area contributed by atoms with Gasteiger partial charge in [0, 0.05) is 25.2 Å². The summed E-state index contributed by atoms with van der Waals surface area (Å²) >= 11 is 0. The molecule has 2 heterocycles. The fourth-order valence-electron chi connectivity index (χ4n) is 4.23. The van der Waals surface area contributed by atoms with Crippen molar-refractivity contribution >= 4 is 15.9 Å². The molecule has 2 aromatic rings. The maximum atomic E-state index is 13.3. The van der Waals surface area contributed by atoms with E-state index in [1.807, 2.05) is 37.3 Å². The third-order valence-corrected chi connectivity index (χ3v) is 7.73. The molecule has 0 spiro atoms. The fraction of sp³-hybridized carbons (Fsp3) is 0.435. The molecule has 2 aliphatic rings. The summed E-state index contributed by atoms with van der Waals surface area (Å²) < 4.78 is 39.1. The summed E-state index contributed by atoms with van der Waals surface area (Å²) in [5.41, 5.74) is 1.35. The molecule has 0 radical (unpaired) electrons. The van der Waals surface area contributed by atoms with Gasteiger partial charge in [0.25, 0.3) is 5.91 Å². The molecule has 2 atom stereocenters. The van der Waals surface area contributed by atoms with E-state index in [0.717, 1.165) is 18.4 Å². The molecule has 4 rings (SSSR count). The fourth-order valence-corrected chi connectivity index (χ4v) is 5.93. The first-order valence-electron chi connectivity index (χ1n) is 10.6. The van der Waals surface area contributed by atoms with E-state index in [1.165, 1.54) is 17.5 Å². The molecular weight excluding hydrogens is 416 g/mol. The van der Waals surface area contributed by atoms with Crippen LogP contribution in [0.2, 0.25) is 0 Å². The lowest BCUT2D eigenvalue weighted by Gasteiger charge is -2.37. The molecule has 8 heteroatoms. The monoisotopic (exact) mass is 444 g/mol. The quantitative estimate of drug-likeness (QED) is 0.708. The van der Waals surface area contributed by atoms with Gasteiger partial charge in [-0.3, -0.25) is 4.79 Å². The van der Waals surface area contributed by atoms with Gasteiger partial charge in [0.05, 0.1) is 19.8 Å². The molecule has 31 heavy (non-hydrogen) atoms. The highest BCUT2D eigenvalue weighted by molar-refractivity contribution is 7.89. The Balaban J connectivity index is 1.62. The van der Waals surface area contributed by atoms with Crippen molar-refractivity contribution in [3.05, 3.63) is 59.7 Å². The number of carbonyl (C=O) groups is 1. The van der Waals surface area contributed by atoms with Crippen LogP contribution in [-0.4, -0.2) is 62.9 Å². The van der Waals surface area contributed by atoms with Crippen LogP contribution in [0.4, 0.5) is 0 Å². The highest BCUT2D eigenvalue weighted by Gasteiger charge is 2.33. The predicted octanol–water partition coefficient (Wildman–Crippen LogP) is 3.08. The Morgan fingerprint density at radius 2 is 1.77 bits per heavy atom. The van der Waals surface area contributed by atoms with Gasteiger partial charge in [-0.15, -0.1) is 0 Å². The third-order valence-electron chi connectivity index (χ3n) is 5.81. The van der Waals surface area contributed by atoms with E-state index in [-0.39, 0.29) is 28.8 Å². The number of hydrogen-bond donors (Lipinski definition) is 0. The maximum Gasteiger partial charge on any atom is 0.254 e. The number of rotatable bonds is 5. The van der Waals surface area contributed by atoms with Gasteiger partial charge in [-0.05, 0) is 43.5 Å². The molecule has 2 aliphatic heterocycles. The molecule has 0 bridgehead atoms. The molecule has 166 valence electrons. The van der Waals surface area contributed by atoms with Crippen molar-refractivity contribution < 1.29 is 22.7 Å². The van der Waals surface area contributed by atoms with Gasteiger partial charge < -0.3 is 14.4 Å². The van der Waals surface area contributed by atoms with E-state index >= 15 is 0 Å². The second-order valence-corrected chi connectivity index (χ2v) is 9.94. The smallest absolute Gasteiger partial charge is 0.254 e. The summed E-state index contributed by atoms with van der Waals surface area (Å²) in [6, 6.07) is 14.5. The molecule has 0 aromatic heterocycles. The van der Waals surface area contributed by atoms with Crippen molar-refractivity contribution in [2.75, 3.05) is 33.3 Å². The lowest BCUT2D eigenvalue weighted by atomic mass is 10.1. The zero-order valence-corrected chi connectivity index (χ0v) is 18.7. The van der Waals surface area contributed by atoms with Gasteiger partial charge in [-0.25, -0.2) is 8.42 Å². The van der Waals surface area contributed by atoms with E-state index in [0.29, 0.717) is 31.7 Å². The number of ether oxygens (including phenoxy) is 2. The van der Waals surface area contributed by atoms with Crippen molar-refractivity contribution in [2.24, 2.45) is 0 Å². The highest BCUT2D eigenvalue weighted by Crippen LogP contribution is 2.31. The van der Waals surface area contributed by atoms with Crippen LogP contribution in [0.1, 0.15) is 41.8 Å². The van der Waals surface area contributed by atoms with Crippen LogP contribution in [0, 0.1) is 0 Å². The van der Waals surface area contributed by atoms with Crippen molar-refractivity contribution in [3.63, 3.8) is 0 Å². The Hall–Kier alpha value is -2.42. The van der Waals surface area contributed by atoms with E-state index in [9.17, 15) is 13.2 Å². The molecule has 0 saturated carbocycles. The van der Waals surface area contributed by atoms with Crippen molar-refractivity contribution in [1.82, 2.24) is 9.21 Å². The van der Waals surface area contributed by atoms with Gasteiger partial charge in [0.15, 0.2) is 0 Å². The van der Waals surface area contributed by atoms with Crippen molar-refractivity contribution in [3.8, 4) is 5.75 Å². The average molecular weight is 445 g/mol. The minimum Gasteiger partial charge on any atom is -0.495 e. The van der Waals surface area contributed by atoms with E-state index in [2.05, 4.69) is 0 Å². The van der Waals surface area contributed by atoms with Gasteiger partial charge in [0.1, 0.15) is 16.7 Å². The van der Waals surface area contributed by atoms with Crippen LogP contribution in [0.15, 0.2) is 53.4 Å². The van der Waals surface area contributed by atoms with Gasteiger partial charge in [-0.1, -0.05) is 30.3 Å². The average Bonchev–Trinajstić information content (AvgIpc) is 3.34. The van der Waals surface area contributed by atoms with Crippen LogP contribution in [0.3, 0.4) is 0 Å². The summed E-state index contributed by atoms with van der Waals surface area (Å²) in [4.78, 5) is 15.1. The number of methoxy groups -OCH3 is 1. The maximum absolute atomic E-state index is 13.3. The molecular formula is C23H28N2O5S. The lowest BCUT2D eigenvalue weighted by Crippen LogP contribution is -2.46. The van der Waals surface area contributed by atoms with E-state index < -0.39 is 10.0 Å². The molecule has 2 unspecified atom stereocenters. The topological polar surface area (TPSA) is 76.1 Å². The Morgan fingerprint density at radius 3 is 2.45 bits per heavy atom. The van der Waals surface area contributed by atoms with Gasteiger partial charge in [0.2, 0.25) is 10.0 Å². The second kappa shape index (κ2) is 8.98. The Labute approximate surface area is 183 Å². The first kappa shape index (κ1) is 21.8. The Kier molecular flexibility index (Phi) is 6.31. The number of benzene rings is 2. The molecule has 2 fully saturated rings. The molecule has 0 N–H and O–H groups in total. The number of sulfonamides is 1. The summed E-state index contributed by atoms with van der Waals surface area (Å²) in [7, 11) is -2.28. The first-order valence-corrected chi connectivity index (χ1v) is 12.0. The van der Waals surface area contributed by atoms with Crippen LogP contribution in [0.25, 0.3) is 0 Å². The third kappa shape index (κ3) is 4.46. The molecule has 2 aromatic carbocycles. The molecule has 1 amide bonds. The number of carbonyl (C=O) groups excluding carboxylic acids is 1. The summed E-state index contributed by atoms with van der Waals surface area (Å²) in [6.45, 7) is 3.77. The van der Waals surface area contributed by atoms with Crippen molar-refractivity contribution in [1.29, 1.82) is 0 Å². The Morgan fingerprint density at radius 1 is 1.06 bits per heavy atom. The molecule has 0 aliphatic carbocycles. The number of hydrogen-bond acceptors (Lipinski definition) is 5. The lowest BCUT2D eigenvalue weighted by molar-refractivity contribution is -0.0691. The van der Waals surface area contributed by atoms with Crippen LogP contribution < -0.4 is 4.74 Å². The molecule has 7 nitrogen and oxygen atoms in total. The largest absolute Gasteiger partial charge is 0.495 e. The number of nitrogens with zero attached hydrogens (tertiary/aromatic N) is 2. The molecule has 2 saturated heterocycles.